The zero-order valence-corrected chi connectivity index (χ0v) is 9.20. The maximum absolute atomic E-state index is 12.1. The SMILES string of the molecule is O=c1c(/C=N/c2ncn[nH]2)coc2ccccc12. The molecule has 0 amide bonds. The largest absolute Gasteiger partial charge is 0.463 e. The molecule has 2 heterocycles. The van der Waals surface area contributed by atoms with Gasteiger partial charge in [0.15, 0.2) is 0 Å². The summed E-state index contributed by atoms with van der Waals surface area (Å²) in [5.74, 6) is 0.336. The minimum Gasteiger partial charge on any atom is -0.463 e. The van der Waals surface area contributed by atoms with E-state index in [0.29, 0.717) is 22.5 Å². The molecule has 0 radical (unpaired) electrons. The van der Waals surface area contributed by atoms with Gasteiger partial charge in [-0.25, -0.2) is 10.1 Å². The highest BCUT2D eigenvalue weighted by Crippen LogP contribution is 2.10. The van der Waals surface area contributed by atoms with Gasteiger partial charge in [0.2, 0.25) is 11.4 Å². The average molecular weight is 240 g/mol. The molecule has 0 aliphatic rings. The quantitative estimate of drug-likeness (QED) is 0.690. The molecule has 0 spiro atoms. The van der Waals surface area contributed by atoms with Crippen LogP contribution < -0.4 is 5.43 Å². The predicted molar refractivity (Wildman–Crippen MR) is 66.1 cm³/mol. The van der Waals surface area contributed by atoms with Gasteiger partial charge >= 0.3 is 0 Å². The smallest absolute Gasteiger partial charge is 0.245 e. The van der Waals surface area contributed by atoms with Crippen LogP contribution in [0.2, 0.25) is 0 Å². The van der Waals surface area contributed by atoms with Crippen LogP contribution in [0.15, 0.2) is 51.1 Å². The van der Waals surface area contributed by atoms with Crippen LogP contribution in [0.1, 0.15) is 5.56 Å². The Morgan fingerprint density at radius 3 is 3.06 bits per heavy atom. The molecule has 0 unspecified atom stereocenters. The first-order chi connectivity index (χ1) is 8.84. The molecule has 3 rings (SSSR count). The summed E-state index contributed by atoms with van der Waals surface area (Å²) in [5.41, 5.74) is 0.796. The molecule has 88 valence electrons. The summed E-state index contributed by atoms with van der Waals surface area (Å²) in [6.07, 6.45) is 4.12. The number of aromatic nitrogens is 3. The second kappa shape index (κ2) is 4.25. The lowest BCUT2D eigenvalue weighted by molar-refractivity contribution is 0.601. The van der Waals surface area contributed by atoms with E-state index < -0.39 is 0 Å². The van der Waals surface area contributed by atoms with E-state index >= 15 is 0 Å². The number of rotatable bonds is 2. The summed E-state index contributed by atoms with van der Waals surface area (Å²) in [7, 11) is 0. The van der Waals surface area contributed by atoms with Crippen molar-refractivity contribution in [2.45, 2.75) is 0 Å². The van der Waals surface area contributed by atoms with Crippen LogP contribution in [0.3, 0.4) is 0 Å². The van der Waals surface area contributed by atoms with E-state index in [-0.39, 0.29) is 5.43 Å². The summed E-state index contributed by atoms with van der Waals surface area (Å²) < 4.78 is 5.36. The van der Waals surface area contributed by atoms with Gasteiger partial charge in [-0.3, -0.25) is 4.79 Å². The Morgan fingerprint density at radius 2 is 2.22 bits per heavy atom. The molecule has 0 saturated heterocycles. The Kier molecular flexibility index (Phi) is 2.45. The zero-order chi connectivity index (χ0) is 12.4. The Bertz CT molecular complexity index is 759. The van der Waals surface area contributed by atoms with E-state index in [1.807, 2.05) is 6.07 Å². The van der Waals surface area contributed by atoms with E-state index in [2.05, 4.69) is 20.2 Å². The number of nitrogens with zero attached hydrogens (tertiary/aromatic N) is 3. The number of benzene rings is 1. The second-order valence-corrected chi connectivity index (χ2v) is 3.58. The number of H-pyrrole nitrogens is 1. The molecule has 0 aliphatic heterocycles. The minimum absolute atomic E-state index is 0.125. The van der Waals surface area contributed by atoms with Crippen molar-refractivity contribution in [2.24, 2.45) is 4.99 Å². The second-order valence-electron chi connectivity index (χ2n) is 3.58. The Balaban J connectivity index is 2.08. The van der Waals surface area contributed by atoms with Crippen LogP contribution in [-0.4, -0.2) is 21.4 Å². The lowest BCUT2D eigenvalue weighted by atomic mass is 10.2. The van der Waals surface area contributed by atoms with Crippen LogP contribution in [0.5, 0.6) is 0 Å². The predicted octanol–water partition coefficient (Wildman–Crippen LogP) is 1.66. The van der Waals surface area contributed by atoms with Crippen molar-refractivity contribution >= 4 is 23.1 Å². The Hall–Kier alpha value is -2.76. The standard InChI is InChI=1S/C12H8N4O2/c17-11-8(5-13-12-14-7-15-16-12)6-18-10-4-2-1-3-9(10)11/h1-7H,(H,14,15,16)/b13-5+. The molecule has 1 N–H and O–H groups in total. The van der Waals surface area contributed by atoms with Crippen LogP contribution in [0.25, 0.3) is 11.0 Å². The summed E-state index contributed by atoms with van der Waals surface area (Å²) in [6, 6.07) is 7.06. The molecule has 18 heavy (non-hydrogen) atoms. The number of para-hydroxylation sites is 1. The Morgan fingerprint density at radius 1 is 1.33 bits per heavy atom. The first-order valence-corrected chi connectivity index (χ1v) is 5.24. The van der Waals surface area contributed by atoms with E-state index in [9.17, 15) is 4.79 Å². The van der Waals surface area contributed by atoms with Crippen molar-refractivity contribution in [3.05, 3.63) is 52.6 Å². The molecule has 3 aromatic rings. The van der Waals surface area contributed by atoms with Crippen molar-refractivity contribution in [3.8, 4) is 0 Å². The van der Waals surface area contributed by atoms with Crippen molar-refractivity contribution in [3.63, 3.8) is 0 Å². The number of nitrogens with one attached hydrogen (secondary N) is 1. The third kappa shape index (κ3) is 1.80. The third-order valence-electron chi connectivity index (χ3n) is 2.43. The Labute approximate surface area is 101 Å². The molecule has 0 saturated carbocycles. The van der Waals surface area contributed by atoms with Gasteiger partial charge in [0, 0.05) is 6.21 Å². The fourth-order valence-corrected chi connectivity index (χ4v) is 1.57. The summed E-state index contributed by atoms with van der Waals surface area (Å²) in [5, 5.41) is 6.75. The average Bonchev–Trinajstić information content (AvgIpc) is 2.91. The molecule has 0 bridgehead atoms. The van der Waals surface area contributed by atoms with Crippen LogP contribution in [0.4, 0.5) is 5.95 Å². The summed E-state index contributed by atoms with van der Waals surface area (Å²) in [6.45, 7) is 0. The maximum Gasteiger partial charge on any atom is 0.245 e. The number of aliphatic imine (C=N–C) groups is 1. The van der Waals surface area contributed by atoms with Gasteiger partial charge in [-0.2, -0.15) is 10.1 Å². The first-order valence-electron chi connectivity index (χ1n) is 5.24. The van der Waals surface area contributed by atoms with E-state index in [1.54, 1.807) is 18.2 Å². The third-order valence-corrected chi connectivity index (χ3v) is 2.43. The zero-order valence-electron chi connectivity index (χ0n) is 9.20. The molecule has 0 atom stereocenters. The number of aromatic amines is 1. The molecule has 6 heteroatoms. The van der Waals surface area contributed by atoms with Gasteiger partial charge in [-0.05, 0) is 12.1 Å². The van der Waals surface area contributed by atoms with Crippen molar-refractivity contribution in [2.75, 3.05) is 0 Å². The van der Waals surface area contributed by atoms with Crippen molar-refractivity contribution in [1.29, 1.82) is 0 Å². The highest BCUT2D eigenvalue weighted by molar-refractivity contribution is 5.86. The van der Waals surface area contributed by atoms with E-state index in [0.717, 1.165) is 0 Å². The lowest BCUT2D eigenvalue weighted by Gasteiger charge is -1.96. The number of hydrogen-bond acceptors (Lipinski definition) is 5. The molecule has 6 nitrogen and oxygen atoms in total. The summed E-state index contributed by atoms with van der Waals surface area (Å²) in [4.78, 5) is 19.9. The van der Waals surface area contributed by atoms with Crippen molar-refractivity contribution < 1.29 is 4.42 Å². The van der Waals surface area contributed by atoms with Gasteiger partial charge in [0.05, 0.1) is 10.9 Å². The lowest BCUT2D eigenvalue weighted by Crippen LogP contribution is -2.07. The maximum atomic E-state index is 12.1. The van der Waals surface area contributed by atoms with Crippen LogP contribution >= 0.6 is 0 Å². The van der Waals surface area contributed by atoms with Gasteiger partial charge in [-0.15, -0.1) is 0 Å². The number of fused-ring (bicyclic) bond motifs is 1. The molecular weight excluding hydrogens is 232 g/mol. The highest BCUT2D eigenvalue weighted by Gasteiger charge is 2.04. The van der Waals surface area contributed by atoms with Crippen LogP contribution in [-0.2, 0) is 0 Å². The fourth-order valence-electron chi connectivity index (χ4n) is 1.57. The van der Waals surface area contributed by atoms with Gasteiger partial charge in [0.1, 0.15) is 18.2 Å². The van der Waals surface area contributed by atoms with E-state index in [1.165, 1.54) is 18.8 Å². The minimum atomic E-state index is -0.125. The van der Waals surface area contributed by atoms with Gasteiger partial charge in [-0.1, -0.05) is 12.1 Å². The summed E-state index contributed by atoms with van der Waals surface area (Å²) >= 11 is 0. The van der Waals surface area contributed by atoms with Crippen LogP contribution in [0, 0.1) is 0 Å². The fraction of sp³-hybridized carbons (Fsp3) is 0. The first kappa shape index (κ1) is 10.4. The normalized spacial score (nSPS) is 11.3. The van der Waals surface area contributed by atoms with Crippen molar-refractivity contribution in [1.82, 2.24) is 15.2 Å². The molecule has 0 fully saturated rings. The van der Waals surface area contributed by atoms with Gasteiger partial charge < -0.3 is 4.42 Å². The van der Waals surface area contributed by atoms with E-state index in [4.69, 9.17) is 4.42 Å². The monoisotopic (exact) mass is 240 g/mol. The topological polar surface area (TPSA) is 84.1 Å². The molecular formula is C12H8N4O2. The highest BCUT2D eigenvalue weighted by atomic mass is 16.3. The molecule has 0 aliphatic carbocycles. The van der Waals surface area contributed by atoms with Gasteiger partial charge in [0.25, 0.3) is 0 Å². The molecule has 1 aromatic carbocycles. The number of hydrogen-bond donors (Lipinski definition) is 1. The molecule has 2 aromatic heterocycles.